The monoisotopic (exact) mass is 276 g/mol. The summed E-state index contributed by atoms with van der Waals surface area (Å²) in [4.78, 5) is 12.0. The molecule has 0 fully saturated rings. The third kappa shape index (κ3) is 3.64. The second-order valence-corrected chi connectivity index (χ2v) is 5.19. The maximum absolute atomic E-state index is 11.0. The summed E-state index contributed by atoms with van der Waals surface area (Å²) in [5.41, 5.74) is 7.77. The molecule has 0 aliphatic heterocycles. The molecule has 1 aromatic heterocycles. The fraction of sp³-hybridized carbons (Fsp3) is 0.214. The van der Waals surface area contributed by atoms with Crippen LogP contribution in [0.3, 0.4) is 0 Å². The Hall–Kier alpha value is -1.69. The van der Waals surface area contributed by atoms with Gasteiger partial charge in [-0.05, 0) is 17.2 Å². The molecular weight excluding hydrogens is 260 g/mol. The number of nitrogens with two attached hydrogens (primary N) is 1. The van der Waals surface area contributed by atoms with Crippen molar-refractivity contribution in [3.63, 3.8) is 0 Å². The molecule has 19 heavy (non-hydrogen) atoms. The summed E-state index contributed by atoms with van der Waals surface area (Å²) in [6.45, 7) is 1.40. The number of aliphatic hydroxyl groups excluding tert-OH is 1. The molecule has 0 radical (unpaired) electrons. The third-order valence-electron chi connectivity index (χ3n) is 2.84. The van der Waals surface area contributed by atoms with Gasteiger partial charge >= 0.3 is 0 Å². The Morgan fingerprint density at radius 2 is 2.00 bits per heavy atom. The van der Waals surface area contributed by atoms with Gasteiger partial charge < -0.3 is 16.2 Å². The number of hydrogen-bond acceptors (Lipinski definition) is 4. The summed E-state index contributed by atoms with van der Waals surface area (Å²) in [5, 5.41) is 14.3. The molecule has 0 saturated carbocycles. The van der Waals surface area contributed by atoms with Crippen molar-refractivity contribution in [3.8, 4) is 0 Å². The minimum Gasteiger partial charge on any atom is -0.392 e. The van der Waals surface area contributed by atoms with Gasteiger partial charge in [0.25, 0.3) is 0 Å². The first-order valence-electron chi connectivity index (χ1n) is 5.96. The van der Waals surface area contributed by atoms with Gasteiger partial charge in [0.1, 0.15) is 0 Å². The highest BCUT2D eigenvalue weighted by Gasteiger charge is 2.05. The van der Waals surface area contributed by atoms with Crippen molar-refractivity contribution in [2.24, 2.45) is 5.73 Å². The lowest BCUT2D eigenvalue weighted by Crippen LogP contribution is -2.13. The highest BCUT2D eigenvalue weighted by Crippen LogP contribution is 2.14. The lowest BCUT2D eigenvalue weighted by molar-refractivity contribution is 0.100. The van der Waals surface area contributed by atoms with E-state index in [1.54, 1.807) is 11.4 Å². The van der Waals surface area contributed by atoms with Crippen LogP contribution in [-0.2, 0) is 19.7 Å². The van der Waals surface area contributed by atoms with Crippen molar-refractivity contribution >= 4 is 17.2 Å². The molecule has 0 aliphatic carbocycles. The zero-order chi connectivity index (χ0) is 13.7. The van der Waals surface area contributed by atoms with Crippen molar-refractivity contribution < 1.29 is 9.90 Å². The van der Waals surface area contributed by atoms with Gasteiger partial charge in [0.2, 0.25) is 5.91 Å². The molecule has 0 bridgehead atoms. The Kier molecular flexibility index (Phi) is 4.68. The van der Waals surface area contributed by atoms with E-state index in [1.807, 2.05) is 24.3 Å². The van der Waals surface area contributed by atoms with Gasteiger partial charge in [0.05, 0.1) is 12.2 Å². The molecule has 0 atom stereocenters. The second-order valence-electron chi connectivity index (χ2n) is 4.20. The van der Waals surface area contributed by atoms with E-state index >= 15 is 0 Å². The van der Waals surface area contributed by atoms with Crippen molar-refractivity contribution in [1.29, 1.82) is 0 Å². The Bertz CT molecular complexity index is 566. The zero-order valence-electron chi connectivity index (χ0n) is 10.4. The lowest BCUT2D eigenvalue weighted by Gasteiger charge is -2.07. The topological polar surface area (TPSA) is 75.4 Å². The zero-order valence-corrected chi connectivity index (χ0v) is 11.2. The average Bonchev–Trinajstić information content (AvgIpc) is 2.88. The minimum absolute atomic E-state index is 0.0443. The van der Waals surface area contributed by atoms with Crippen LogP contribution < -0.4 is 11.1 Å². The summed E-state index contributed by atoms with van der Waals surface area (Å²) in [7, 11) is 0. The molecule has 0 unspecified atom stereocenters. The minimum atomic E-state index is -0.395. The number of amides is 1. The number of aliphatic hydroxyl groups is 1. The summed E-state index contributed by atoms with van der Waals surface area (Å²) in [5.74, 6) is -0.395. The summed E-state index contributed by atoms with van der Waals surface area (Å²) < 4.78 is 0. The van der Waals surface area contributed by atoms with Gasteiger partial charge in [0, 0.05) is 23.3 Å². The van der Waals surface area contributed by atoms with Gasteiger partial charge in [-0.3, -0.25) is 4.79 Å². The summed E-state index contributed by atoms with van der Waals surface area (Å²) >= 11 is 1.51. The number of benzene rings is 1. The van der Waals surface area contributed by atoms with Crippen LogP contribution in [0.4, 0.5) is 0 Å². The SMILES string of the molecule is NC(=O)c1csc(CNCc2ccccc2CO)c1. The predicted molar refractivity (Wildman–Crippen MR) is 75.7 cm³/mol. The molecule has 1 heterocycles. The molecule has 100 valence electrons. The van der Waals surface area contributed by atoms with Crippen molar-refractivity contribution in [1.82, 2.24) is 5.32 Å². The molecule has 2 aromatic rings. The molecule has 0 aliphatic rings. The quantitative estimate of drug-likeness (QED) is 0.750. The van der Waals surface area contributed by atoms with E-state index in [9.17, 15) is 9.90 Å². The summed E-state index contributed by atoms with van der Waals surface area (Å²) in [6, 6.07) is 9.56. The predicted octanol–water partition coefficient (Wildman–Crippen LogP) is 1.63. The van der Waals surface area contributed by atoms with Crippen LogP contribution in [-0.4, -0.2) is 11.0 Å². The van der Waals surface area contributed by atoms with Crippen molar-refractivity contribution in [2.45, 2.75) is 19.7 Å². The number of primary amides is 1. The molecule has 0 spiro atoms. The fourth-order valence-electron chi connectivity index (χ4n) is 1.81. The molecule has 4 nitrogen and oxygen atoms in total. The maximum atomic E-state index is 11.0. The molecule has 5 heteroatoms. The van der Waals surface area contributed by atoms with Gasteiger partial charge in [-0.25, -0.2) is 0 Å². The Morgan fingerprint density at radius 3 is 2.63 bits per heavy atom. The number of carbonyl (C=O) groups is 1. The third-order valence-corrected chi connectivity index (χ3v) is 3.78. The smallest absolute Gasteiger partial charge is 0.249 e. The van der Waals surface area contributed by atoms with Gasteiger partial charge in [-0.15, -0.1) is 11.3 Å². The first-order valence-corrected chi connectivity index (χ1v) is 6.84. The molecule has 0 saturated heterocycles. The number of nitrogens with one attached hydrogen (secondary N) is 1. The normalized spacial score (nSPS) is 10.6. The second kappa shape index (κ2) is 6.47. The average molecular weight is 276 g/mol. The van der Waals surface area contributed by atoms with E-state index in [0.717, 1.165) is 16.0 Å². The van der Waals surface area contributed by atoms with Gasteiger partial charge in [0.15, 0.2) is 0 Å². The van der Waals surface area contributed by atoms with Crippen LogP contribution in [0, 0.1) is 0 Å². The standard InChI is InChI=1S/C14H16N2O2S/c15-14(18)12-5-13(19-9-12)7-16-6-10-3-1-2-4-11(10)8-17/h1-5,9,16-17H,6-8H2,(H2,15,18). The molecule has 1 amide bonds. The van der Waals surface area contributed by atoms with Crippen LogP contribution in [0.25, 0.3) is 0 Å². The largest absolute Gasteiger partial charge is 0.392 e. The van der Waals surface area contributed by atoms with Gasteiger partial charge in [-0.2, -0.15) is 0 Å². The lowest BCUT2D eigenvalue weighted by atomic mass is 10.1. The van der Waals surface area contributed by atoms with E-state index in [-0.39, 0.29) is 6.61 Å². The number of thiophene rings is 1. The van der Waals surface area contributed by atoms with E-state index in [2.05, 4.69) is 5.32 Å². The first-order chi connectivity index (χ1) is 9.20. The molecular formula is C14H16N2O2S. The van der Waals surface area contributed by atoms with Gasteiger partial charge in [-0.1, -0.05) is 24.3 Å². The number of carbonyl (C=O) groups excluding carboxylic acids is 1. The Balaban J connectivity index is 1.90. The first kappa shape index (κ1) is 13.7. The maximum Gasteiger partial charge on any atom is 0.249 e. The van der Waals surface area contributed by atoms with Crippen LogP contribution in [0.5, 0.6) is 0 Å². The molecule has 4 N–H and O–H groups in total. The van der Waals surface area contributed by atoms with E-state index in [4.69, 9.17) is 5.73 Å². The van der Waals surface area contributed by atoms with Crippen LogP contribution in [0.1, 0.15) is 26.4 Å². The molecule has 1 aromatic carbocycles. The number of hydrogen-bond donors (Lipinski definition) is 3. The van der Waals surface area contributed by atoms with Crippen LogP contribution in [0.15, 0.2) is 35.7 Å². The van der Waals surface area contributed by atoms with E-state index in [0.29, 0.717) is 18.7 Å². The van der Waals surface area contributed by atoms with E-state index in [1.165, 1.54) is 11.3 Å². The van der Waals surface area contributed by atoms with Crippen LogP contribution >= 0.6 is 11.3 Å². The highest BCUT2D eigenvalue weighted by atomic mass is 32.1. The summed E-state index contributed by atoms with van der Waals surface area (Å²) in [6.07, 6.45) is 0. The number of rotatable bonds is 6. The van der Waals surface area contributed by atoms with Crippen molar-refractivity contribution in [3.05, 3.63) is 57.3 Å². The van der Waals surface area contributed by atoms with Crippen LogP contribution in [0.2, 0.25) is 0 Å². The van der Waals surface area contributed by atoms with E-state index < -0.39 is 5.91 Å². The highest BCUT2D eigenvalue weighted by molar-refractivity contribution is 7.10. The Labute approximate surface area is 115 Å². The fourth-order valence-corrected chi connectivity index (χ4v) is 2.65. The molecule has 2 rings (SSSR count). The van der Waals surface area contributed by atoms with Crippen molar-refractivity contribution in [2.75, 3.05) is 0 Å². The Morgan fingerprint density at radius 1 is 1.26 bits per heavy atom.